The molecule has 600 valence electrons. The quantitative estimate of drug-likeness (QED) is 0.0169. The molecule has 0 radical (unpaired) electrons. The number of phosphoric acid groups is 2. The van der Waals surface area contributed by atoms with Gasteiger partial charge >= 0.3 is 39.5 Å². The standard InChI is InChI=1S/C85H148O17P2/c1-5-9-13-17-21-25-29-33-37-38-39-40-44-48-52-56-60-64-68-72-85(90)102-81(76-96-83(88)70-66-62-58-54-50-46-42-35-31-27-23-19-15-11-7-3)78-100-104(93,94)98-74-79(86)73-97-103(91,92)99-77-80(101-84(89)71-67-63-59-55-51-47-43-36-32-28-24-20-16-12-8-4)75-95-82(87)69-65-61-57-53-49-45-41-34-30-26-22-18-14-10-6-2/h21,23,25,27,33-37,39-43,48,52,60,64,79-81,86H,5-20,22,24,26,28-32,38,44-47,49-51,53-59,61-63,65-78H2,1-4H3,(H,91,92)(H,93,94)/b25-21-,27-23-,37-33-,40-39-,41-34-,42-35-,43-36-,52-48-,64-60-/t79-,80+,81+/m0/s1. The molecule has 0 fully saturated rings. The fourth-order valence-corrected chi connectivity index (χ4v) is 12.4. The summed E-state index contributed by atoms with van der Waals surface area (Å²) in [5.41, 5.74) is 0. The van der Waals surface area contributed by atoms with Gasteiger partial charge in [0.05, 0.1) is 26.4 Å². The number of hydrogen-bond acceptors (Lipinski definition) is 15. The molecule has 0 heterocycles. The monoisotopic (exact) mass is 1500 g/mol. The first-order valence-corrected chi connectivity index (χ1v) is 44.1. The van der Waals surface area contributed by atoms with Crippen LogP contribution in [0.15, 0.2) is 109 Å². The maximum Gasteiger partial charge on any atom is 0.472 e. The largest absolute Gasteiger partial charge is 0.472 e. The average molecular weight is 1500 g/mol. The van der Waals surface area contributed by atoms with Crippen LogP contribution in [0.25, 0.3) is 0 Å². The molecular formula is C85H148O17P2. The Labute approximate surface area is 632 Å². The van der Waals surface area contributed by atoms with E-state index in [4.69, 9.17) is 37.0 Å². The van der Waals surface area contributed by atoms with E-state index < -0.39 is 97.5 Å². The highest BCUT2D eigenvalue weighted by atomic mass is 31.2. The van der Waals surface area contributed by atoms with Crippen molar-refractivity contribution in [3.05, 3.63) is 109 Å². The molecule has 0 aliphatic carbocycles. The second kappa shape index (κ2) is 76.9. The molecular weight excluding hydrogens is 1350 g/mol. The second-order valence-corrected chi connectivity index (χ2v) is 30.3. The van der Waals surface area contributed by atoms with E-state index in [1.54, 1.807) is 0 Å². The Balaban J connectivity index is 5.45. The Bertz CT molecular complexity index is 2390. The van der Waals surface area contributed by atoms with Crippen molar-refractivity contribution >= 4 is 39.5 Å². The van der Waals surface area contributed by atoms with Gasteiger partial charge in [-0.3, -0.25) is 37.3 Å². The number of carbonyl (C=O) groups is 4. The van der Waals surface area contributed by atoms with Crippen molar-refractivity contribution in [1.29, 1.82) is 0 Å². The summed E-state index contributed by atoms with van der Waals surface area (Å²) < 4.78 is 68.6. The number of allylic oxidation sites excluding steroid dienone is 18. The molecule has 0 aromatic heterocycles. The number of hydrogen-bond donors (Lipinski definition) is 3. The van der Waals surface area contributed by atoms with Crippen molar-refractivity contribution in [1.82, 2.24) is 0 Å². The highest BCUT2D eigenvalue weighted by molar-refractivity contribution is 7.47. The van der Waals surface area contributed by atoms with Crippen LogP contribution in [0.2, 0.25) is 0 Å². The van der Waals surface area contributed by atoms with E-state index in [2.05, 4.69) is 119 Å². The molecule has 0 spiro atoms. The Morgan fingerprint density at radius 1 is 0.269 bits per heavy atom. The molecule has 104 heavy (non-hydrogen) atoms. The van der Waals surface area contributed by atoms with Crippen LogP contribution in [-0.4, -0.2) is 96.7 Å². The van der Waals surface area contributed by atoms with Crippen molar-refractivity contribution in [2.45, 2.75) is 367 Å². The number of phosphoric ester groups is 2. The molecule has 0 aliphatic heterocycles. The van der Waals surface area contributed by atoms with E-state index in [0.717, 1.165) is 148 Å². The molecule has 0 bridgehead atoms. The number of rotatable bonds is 77. The van der Waals surface area contributed by atoms with E-state index >= 15 is 0 Å². The maximum absolute atomic E-state index is 13.1. The van der Waals surface area contributed by atoms with Gasteiger partial charge in [0, 0.05) is 25.7 Å². The van der Waals surface area contributed by atoms with Gasteiger partial charge in [0.2, 0.25) is 0 Å². The number of carbonyl (C=O) groups excluding carboxylic acids is 4. The summed E-state index contributed by atoms with van der Waals surface area (Å²) in [5.74, 6) is -2.29. The Hall–Kier alpha value is -4.28. The molecule has 0 saturated carbocycles. The highest BCUT2D eigenvalue weighted by Crippen LogP contribution is 2.45. The van der Waals surface area contributed by atoms with Crippen molar-refractivity contribution in [2.24, 2.45) is 0 Å². The second-order valence-electron chi connectivity index (χ2n) is 27.3. The Kier molecular flexibility index (Phi) is 73.7. The van der Waals surface area contributed by atoms with Crippen molar-refractivity contribution in [2.75, 3.05) is 39.6 Å². The molecule has 3 N–H and O–H groups in total. The van der Waals surface area contributed by atoms with Crippen LogP contribution in [0.5, 0.6) is 0 Å². The zero-order valence-electron chi connectivity index (χ0n) is 65.7. The minimum absolute atomic E-state index is 0.0326. The van der Waals surface area contributed by atoms with Gasteiger partial charge in [0.1, 0.15) is 19.3 Å². The lowest BCUT2D eigenvalue weighted by molar-refractivity contribution is -0.161. The molecule has 0 aromatic carbocycles. The zero-order valence-corrected chi connectivity index (χ0v) is 67.5. The van der Waals surface area contributed by atoms with Gasteiger partial charge in [-0.2, -0.15) is 0 Å². The van der Waals surface area contributed by atoms with Gasteiger partial charge in [0.25, 0.3) is 0 Å². The zero-order chi connectivity index (χ0) is 76.0. The number of unbranched alkanes of at least 4 members (excludes halogenated alkanes) is 33. The minimum atomic E-state index is -5.00. The third-order valence-corrected chi connectivity index (χ3v) is 19.1. The molecule has 2 unspecified atom stereocenters. The van der Waals surface area contributed by atoms with Crippen LogP contribution in [0, 0.1) is 0 Å². The van der Waals surface area contributed by atoms with E-state index in [0.29, 0.717) is 32.1 Å². The van der Waals surface area contributed by atoms with Crippen LogP contribution in [-0.2, 0) is 65.4 Å². The van der Waals surface area contributed by atoms with Gasteiger partial charge < -0.3 is 33.8 Å². The molecule has 0 aromatic rings. The summed E-state index contributed by atoms with van der Waals surface area (Å²) in [4.78, 5) is 73.0. The molecule has 19 heteroatoms. The highest BCUT2D eigenvalue weighted by Gasteiger charge is 2.30. The smallest absolute Gasteiger partial charge is 0.462 e. The summed E-state index contributed by atoms with van der Waals surface area (Å²) in [5, 5.41) is 10.6. The van der Waals surface area contributed by atoms with Crippen molar-refractivity contribution in [3.63, 3.8) is 0 Å². The molecule has 0 rings (SSSR count). The first-order chi connectivity index (χ1) is 50.7. The first-order valence-electron chi connectivity index (χ1n) is 41.1. The van der Waals surface area contributed by atoms with Gasteiger partial charge in [-0.1, -0.05) is 285 Å². The molecule has 0 saturated heterocycles. The van der Waals surface area contributed by atoms with Crippen molar-refractivity contribution in [3.8, 4) is 0 Å². The number of esters is 4. The van der Waals surface area contributed by atoms with Crippen LogP contribution in [0.3, 0.4) is 0 Å². The number of aliphatic hydroxyl groups excluding tert-OH is 1. The minimum Gasteiger partial charge on any atom is -0.462 e. The topological polar surface area (TPSA) is 237 Å². The molecule has 5 atom stereocenters. The normalized spacial score (nSPS) is 14.4. The third kappa shape index (κ3) is 75.9. The van der Waals surface area contributed by atoms with Crippen LogP contribution in [0.4, 0.5) is 0 Å². The number of aliphatic hydroxyl groups is 1. The summed E-state index contributed by atoms with van der Waals surface area (Å²) in [6.45, 7) is 4.73. The van der Waals surface area contributed by atoms with E-state index in [1.807, 2.05) is 18.2 Å². The third-order valence-electron chi connectivity index (χ3n) is 17.2. The van der Waals surface area contributed by atoms with Gasteiger partial charge in [0.15, 0.2) is 12.2 Å². The van der Waals surface area contributed by atoms with Crippen LogP contribution >= 0.6 is 15.6 Å². The van der Waals surface area contributed by atoms with Crippen LogP contribution < -0.4 is 0 Å². The number of ether oxygens (including phenoxy) is 4. The van der Waals surface area contributed by atoms with Gasteiger partial charge in [-0.15, -0.1) is 0 Å². The van der Waals surface area contributed by atoms with E-state index in [9.17, 15) is 43.2 Å². The fraction of sp³-hybridized carbons (Fsp3) is 0.741. The Morgan fingerprint density at radius 3 is 0.808 bits per heavy atom. The lowest BCUT2D eigenvalue weighted by Crippen LogP contribution is -2.30. The average Bonchev–Trinajstić information content (AvgIpc) is 0.943. The van der Waals surface area contributed by atoms with Gasteiger partial charge in [-0.25, -0.2) is 9.13 Å². The summed E-state index contributed by atoms with van der Waals surface area (Å²) in [6.07, 6.45) is 83.6. The molecule has 0 amide bonds. The lowest BCUT2D eigenvalue weighted by Gasteiger charge is -2.21. The summed E-state index contributed by atoms with van der Waals surface area (Å²) in [6, 6.07) is 0. The predicted octanol–water partition coefficient (Wildman–Crippen LogP) is 24.1. The fourth-order valence-electron chi connectivity index (χ4n) is 10.9. The van der Waals surface area contributed by atoms with Gasteiger partial charge in [-0.05, 0) is 148 Å². The molecule has 17 nitrogen and oxygen atoms in total. The van der Waals surface area contributed by atoms with E-state index in [1.165, 1.54) is 116 Å². The molecule has 0 aliphatic rings. The van der Waals surface area contributed by atoms with E-state index in [-0.39, 0.29) is 25.7 Å². The van der Waals surface area contributed by atoms with Crippen LogP contribution in [0.1, 0.15) is 349 Å². The maximum atomic E-state index is 13.1. The summed E-state index contributed by atoms with van der Waals surface area (Å²) >= 11 is 0. The Morgan fingerprint density at radius 2 is 0.490 bits per heavy atom. The lowest BCUT2D eigenvalue weighted by atomic mass is 10.1. The summed E-state index contributed by atoms with van der Waals surface area (Å²) in [7, 11) is -9.99. The first kappa shape index (κ1) is 99.7. The van der Waals surface area contributed by atoms with Crippen molar-refractivity contribution < 1.29 is 80.2 Å². The predicted molar refractivity (Wildman–Crippen MR) is 427 cm³/mol. The SMILES string of the molecule is CCCCC/C=C\C/C=C\C/C=C\C/C=C\C/C=C\CCC(=O)O[C@H](COC(=O)CCCCCCC/C=C\C/C=C\CCCCC)COP(=O)(O)OC[C@@H](O)COP(=O)(O)OC[C@@H](COC(=O)CCCCCCC/C=C\CCCCCCCC)OC(=O)CCCCCCC/C=C\CCCCCCCC.